The Hall–Kier alpha value is -2.84. The molecule has 0 bridgehead atoms. The fourth-order valence-electron chi connectivity index (χ4n) is 1.91. The fraction of sp³-hybridized carbons (Fsp3) is 0.308. The maximum absolute atomic E-state index is 13.0. The van der Waals surface area contributed by atoms with Crippen LogP contribution in [0.1, 0.15) is 13.8 Å². The van der Waals surface area contributed by atoms with Gasteiger partial charge in [0.1, 0.15) is 18.6 Å². The van der Waals surface area contributed by atoms with E-state index in [1.54, 1.807) is 13.8 Å². The van der Waals surface area contributed by atoms with E-state index in [2.05, 4.69) is 10.4 Å². The molecule has 2 aromatic rings. The van der Waals surface area contributed by atoms with Gasteiger partial charge in [-0.3, -0.25) is 4.90 Å². The largest absolute Gasteiger partial charge is 0.372 e. The van der Waals surface area contributed by atoms with Crippen molar-refractivity contribution < 1.29 is 14.0 Å². The average molecular weight is 307 g/mol. The van der Waals surface area contributed by atoms with Crippen LogP contribution in [0.5, 0.6) is 0 Å². The molecule has 1 heterocycles. The lowest BCUT2D eigenvalue weighted by Gasteiger charge is -2.25. The molecule has 0 atom stereocenters. The van der Waals surface area contributed by atoms with Crippen molar-refractivity contribution in [3.05, 3.63) is 40.6 Å². The van der Waals surface area contributed by atoms with Gasteiger partial charge in [-0.05, 0) is 48.5 Å². The number of benzene rings is 1. The summed E-state index contributed by atoms with van der Waals surface area (Å²) >= 11 is 0. The SMILES string of the molecule is CC(C)N(C(=O)n1nnn(CC=O)c1=O)c1ccc(F)cc1. The first kappa shape index (κ1) is 15.5. The first-order valence-corrected chi connectivity index (χ1v) is 6.51. The van der Waals surface area contributed by atoms with Crippen molar-refractivity contribution in [2.75, 3.05) is 4.90 Å². The number of carbonyl (C=O) groups is 2. The second kappa shape index (κ2) is 6.29. The summed E-state index contributed by atoms with van der Waals surface area (Å²) in [7, 11) is 0. The number of carbonyl (C=O) groups excluding carboxylic acids is 2. The van der Waals surface area contributed by atoms with E-state index in [1.165, 1.54) is 29.2 Å². The van der Waals surface area contributed by atoms with Crippen LogP contribution in [-0.2, 0) is 11.3 Å². The number of rotatable bonds is 4. The van der Waals surface area contributed by atoms with Gasteiger partial charge >= 0.3 is 11.7 Å². The topological polar surface area (TPSA) is 90.1 Å². The molecular formula is C13H14FN5O3. The van der Waals surface area contributed by atoms with Gasteiger partial charge in [0.25, 0.3) is 0 Å². The highest BCUT2D eigenvalue weighted by Crippen LogP contribution is 2.18. The van der Waals surface area contributed by atoms with Crippen LogP contribution in [-0.4, -0.2) is 38.1 Å². The third-order valence-corrected chi connectivity index (χ3v) is 2.90. The molecule has 2 rings (SSSR count). The first-order chi connectivity index (χ1) is 10.5. The van der Waals surface area contributed by atoms with Gasteiger partial charge < -0.3 is 4.79 Å². The molecule has 0 unspecified atom stereocenters. The van der Waals surface area contributed by atoms with Crippen molar-refractivity contribution in [3.8, 4) is 0 Å². The van der Waals surface area contributed by atoms with Crippen molar-refractivity contribution in [1.82, 2.24) is 19.8 Å². The zero-order valence-corrected chi connectivity index (χ0v) is 12.0. The Morgan fingerprint density at radius 3 is 2.50 bits per heavy atom. The molecule has 0 saturated carbocycles. The Morgan fingerprint density at radius 2 is 1.95 bits per heavy atom. The van der Waals surface area contributed by atoms with Gasteiger partial charge in [-0.1, -0.05) is 0 Å². The van der Waals surface area contributed by atoms with Crippen molar-refractivity contribution in [1.29, 1.82) is 0 Å². The zero-order chi connectivity index (χ0) is 16.3. The minimum atomic E-state index is -0.815. The number of aromatic nitrogens is 4. The van der Waals surface area contributed by atoms with Gasteiger partial charge in [-0.25, -0.2) is 14.0 Å². The maximum Gasteiger partial charge on any atom is 0.372 e. The molecule has 0 fully saturated rings. The van der Waals surface area contributed by atoms with Gasteiger partial charge in [-0.15, -0.1) is 4.68 Å². The molecule has 0 spiro atoms. The van der Waals surface area contributed by atoms with E-state index in [-0.39, 0.29) is 12.6 Å². The van der Waals surface area contributed by atoms with Crippen LogP contribution in [0.4, 0.5) is 14.9 Å². The quantitative estimate of drug-likeness (QED) is 0.611. The van der Waals surface area contributed by atoms with Crippen LogP contribution < -0.4 is 10.6 Å². The Balaban J connectivity index is 2.41. The first-order valence-electron chi connectivity index (χ1n) is 6.51. The van der Waals surface area contributed by atoms with Gasteiger partial charge in [0, 0.05) is 11.7 Å². The van der Waals surface area contributed by atoms with E-state index >= 15 is 0 Å². The number of anilines is 1. The molecule has 0 aliphatic rings. The van der Waals surface area contributed by atoms with Crippen LogP contribution >= 0.6 is 0 Å². The molecule has 0 saturated heterocycles. The molecule has 1 aromatic carbocycles. The Labute approximate surface area is 124 Å². The predicted molar refractivity (Wildman–Crippen MR) is 75.2 cm³/mol. The van der Waals surface area contributed by atoms with E-state index in [0.29, 0.717) is 16.7 Å². The Morgan fingerprint density at radius 1 is 1.32 bits per heavy atom. The van der Waals surface area contributed by atoms with Crippen LogP contribution in [0.3, 0.4) is 0 Å². The van der Waals surface area contributed by atoms with E-state index in [0.717, 1.165) is 4.68 Å². The molecule has 0 aliphatic carbocycles. The summed E-state index contributed by atoms with van der Waals surface area (Å²) in [4.78, 5) is 36.2. The predicted octanol–water partition coefficient (Wildman–Crippen LogP) is 0.661. The Kier molecular flexibility index (Phi) is 4.44. The van der Waals surface area contributed by atoms with E-state index in [9.17, 15) is 18.8 Å². The highest BCUT2D eigenvalue weighted by atomic mass is 19.1. The fourth-order valence-corrected chi connectivity index (χ4v) is 1.91. The second-order valence-corrected chi connectivity index (χ2v) is 4.74. The van der Waals surface area contributed by atoms with Crippen molar-refractivity contribution in [2.45, 2.75) is 26.4 Å². The maximum atomic E-state index is 13.0. The average Bonchev–Trinajstić information content (AvgIpc) is 2.83. The van der Waals surface area contributed by atoms with Crippen LogP contribution in [0.15, 0.2) is 29.1 Å². The van der Waals surface area contributed by atoms with E-state index in [1.807, 2.05) is 0 Å². The number of tetrazole rings is 1. The van der Waals surface area contributed by atoms with Crippen LogP contribution in [0.25, 0.3) is 0 Å². The summed E-state index contributed by atoms with van der Waals surface area (Å²) < 4.78 is 14.3. The molecule has 8 nitrogen and oxygen atoms in total. The van der Waals surface area contributed by atoms with Crippen molar-refractivity contribution in [3.63, 3.8) is 0 Å². The van der Waals surface area contributed by atoms with Crippen molar-refractivity contribution >= 4 is 18.0 Å². The van der Waals surface area contributed by atoms with Crippen LogP contribution in [0, 0.1) is 5.82 Å². The van der Waals surface area contributed by atoms with Crippen molar-refractivity contribution in [2.24, 2.45) is 0 Å². The monoisotopic (exact) mass is 307 g/mol. The Bertz CT molecular complexity index is 735. The number of hydrogen-bond donors (Lipinski definition) is 0. The molecule has 9 heteroatoms. The number of hydrogen-bond acceptors (Lipinski definition) is 5. The summed E-state index contributed by atoms with van der Waals surface area (Å²) in [5.41, 5.74) is -0.400. The summed E-state index contributed by atoms with van der Waals surface area (Å²) in [5, 5.41) is 6.93. The summed E-state index contributed by atoms with van der Waals surface area (Å²) in [6.45, 7) is 3.19. The number of halogens is 1. The van der Waals surface area contributed by atoms with E-state index < -0.39 is 17.5 Å². The molecule has 1 aromatic heterocycles. The molecule has 0 radical (unpaired) electrons. The smallest absolute Gasteiger partial charge is 0.301 e. The number of nitrogens with zero attached hydrogens (tertiary/aromatic N) is 5. The summed E-state index contributed by atoms with van der Waals surface area (Å²) in [6, 6.07) is 4.24. The zero-order valence-electron chi connectivity index (χ0n) is 12.0. The number of aldehydes is 1. The molecule has 0 N–H and O–H groups in total. The highest BCUT2D eigenvalue weighted by Gasteiger charge is 2.24. The normalized spacial score (nSPS) is 10.7. The molecule has 116 valence electrons. The summed E-state index contributed by atoms with van der Waals surface area (Å²) in [6.07, 6.45) is 0.477. The minimum Gasteiger partial charge on any atom is -0.301 e. The highest BCUT2D eigenvalue weighted by molar-refractivity contribution is 5.93. The molecule has 22 heavy (non-hydrogen) atoms. The van der Waals surface area contributed by atoms with Gasteiger partial charge in [-0.2, -0.15) is 4.68 Å². The molecule has 0 aliphatic heterocycles. The lowest BCUT2D eigenvalue weighted by Crippen LogP contribution is -2.44. The standard InChI is InChI=1S/C13H14FN5O3/c1-9(2)18(11-5-3-10(14)4-6-11)13(22)19-12(21)17(7-8-20)15-16-19/h3-6,8-9H,7H2,1-2H3. The molecule has 1 amide bonds. The third kappa shape index (κ3) is 2.92. The van der Waals surface area contributed by atoms with E-state index in [4.69, 9.17) is 0 Å². The third-order valence-electron chi connectivity index (χ3n) is 2.90. The molecular weight excluding hydrogens is 293 g/mol. The summed E-state index contributed by atoms with van der Waals surface area (Å²) in [5.74, 6) is -0.436. The van der Waals surface area contributed by atoms with Gasteiger partial charge in [0.15, 0.2) is 0 Å². The lowest BCUT2D eigenvalue weighted by molar-refractivity contribution is -0.108. The second-order valence-electron chi connectivity index (χ2n) is 4.74. The van der Waals surface area contributed by atoms with Gasteiger partial charge in [0.2, 0.25) is 0 Å². The number of amides is 1. The van der Waals surface area contributed by atoms with Gasteiger partial charge in [0.05, 0.1) is 0 Å². The van der Waals surface area contributed by atoms with Crippen LogP contribution in [0.2, 0.25) is 0 Å². The lowest BCUT2D eigenvalue weighted by atomic mass is 10.2. The minimum absolute atomic E-state index is 0.287.